The molecule has 0 unspecified atom stereocenters. The fourth-order valence-electron chi connectivity index (χ4n) is 5.29. The van der Waals surface area contributed by atoms with E-state index in [-0.39, 0.29) is 33.4 Å². The van der Waals surface area contributed by atoms with Gasteiger partial charge in [-0.05, 0) is 83.1 Å². The molecule has 0 atom stereocenters. The molecule has 5 aromatic rings. The topological polar surface area (TPSA) is 152 Å². The number of pyridine rings is 2. The Kier molecular flexibility index (Phi) is 10.5. The van der Waals surface area contributed by atoms with Crippen molar-refractivity contribution in [2.75, 3.05) is 31.4 Å². The van der Waals surface area contributed by atoms with Crippen molar-refractivity contribution in [2.45, 2.75) is 27.3 Å². The van der Waals surface area contributed by atoms with Gasteiger partial charge in [0.25, 0.3) is 11.8 Å². The molecule has 0 saturated heterocycles. The number of carboxylic acid groups (broad SMARTS) is 1. The summed E-state index contributed by atoms with van der Waals surface area (Å²) in [5.74, 6) is -0.162. The number of hydrogen-bond acceptors (Lipinski definition) is 8. The fraction of sp³-hybridized carbons (Fsp3) is 0.205. The van der Waals surface area contributed by atoms with Gasteiger partial charge in [-0.25, -0.2) is 14.8 Å². The van der Waals surface area contributed by atoms with E-state index in [4.69, 9.17) is 9.47 Å². The van der Waals surface area contributed by atoms with Gasteiger partial charge in [0.05, 0.1) is 25.5 Å². The molecule has 50 heavy (non-hydrogen) atoms. The zero-order valence-corrected chi connectivity index (χ0v) is 28.6. The molecule has 0 radical (unpaired) electrons. The Labute approximate surface area is 290 Å². The van der Waals surface area contributed by atoms with Crippen molar-refractivity contribution in [2.24, 2.45) is 5.41 Å². The quantitative estimate of drug-likeness (QED) is 0.107. The number of amides is 2. The number of aromatic nitrogens is 2. The number of aromatic carboxylic acids is 1. The van der Waals surface area contributed by atoms with Crippen molar-refractivity contribution in [1.29, 1.82) is 0 Å². The molecule has 0 fully saturated rings. The van der Waals surface area contributed by atoms with Gasteiger partial charge in [0.1, 0.15) is 23.0 Å². The lowest BCUT2D eigenvalue weighted by Gasteiger charge is -2.19. The van der Waals surface area contributed by atoms with Crippen LogP contribution >= 0.6 is 0 Å². The van der Waals surface area contributed by atoms with E-state index in [9.17, 15) is 19.5 Å². The van der Waals surface area contributed by atoms with E-state index in [1.807, 2.05) is 57.2 Å². The zero-order chi connectivity index (χ0) is 36.0. The van der Waals surface area contributed by atoms with Crippen LogP contribution in [-0.2, 0) is 6.54 Å². The van der Waals surface area contributed by atoms with Crippen LogP contribution in [0.3, 0.4) is 0 Å². The molecule has 0 saturated carbocycles. The minimum Gasteiger partial charge on any atom is -0.497 e. The van der Waals surface area contributed by atoms with Crippen LogP contribution in [-0.4, -0.2) is 53.6 Å². The molecule has 0 aliphatic heterocycles. The lowest BCUT2D eigenvalue weighted by atomic mass is 9.94. The average molecular weight is 674 g/mol. The lowest BCUT2D eigenvalue weighted by Crippen LogP contribution is -2.32. The van der Waals surface area contributed by atoms with Gasteiger partial charge in [-0.3, -0.25) is 9.59 Å². The Morgan fingerprint density at radius 1 is 0.900 bits per heavy atom. The third-order valence-electron chi connectivity index (χ3n) is 7.89. The first-order valence-corrected chi connectivity index (χ1v) is 15.8. The maximum atomic E-state index is 13.8. The van der Waals surface area contributed by atoms with Crippen molar-refractivity contribution in [3.8, 4) is 22.6 Å². The number of nitrogens with one attached hydrogen (secondary N) is 3. The van der Waals surface area contributed by atoms with Crippen LogP contribution in [0, 0.1) is 5.41 Å². The first-order valence-electron chi connectivity index (χ1n) is 15.8. The zero-order valence-electron chi connectivity index (χ0n) is 28.6. The van der Waals surface area contributed by atoms with Gasteiger partial charge in [0.15, 0.2) is 0 Å². The molecular weight excluding hydrogens is 634 g/mol. The summed E-state index contributed by atoms with van der Waals surface area (Å²) in [4.78, 5) is 48.1. The monoisotopic (exact) mass is 673 g/mol. The molecule has 5 rings (SSSR count). The molecule has 4 N–H and O–H groups in total. The van der Waals surface area contributed by atoms with Crippen molar-refractivity contribution >= 4 is 46.1 Å². The van der Waals surface area contributed by atoms with Crippen molar-refractivity contribution in [3.05, 3.63) is 114 Å². The van der Waals surface area contributed by atoms with E-state index in [0.29, 0.717) is 41.8 Å². The second kappa shape index (κ2) is 14.9. The Bertz CT molecular complexity index is 2100. The highest BCUT2D eigenvalue weighted by molar-refractivity contribution is 6.10. The number of rotatable bonds is 12. The first-order chi connectivity index (χ1) is 23.9. The molecule has 2 amide bonds. The molecule has 3 aromatic carbocycles. The number of fused-ring (bicyclic) bond motifs is 1. The van der Waals surface area contributed by atoms with E-state index in [1.165, 1.54) is 24.3 Å². The maximum Gasteiger partial charge on any atom is 0.336 e. The summed E-state index contributed by atoms with van der Waals surface area (Å²) in [5, 5.41) is 20.9. The number of methoxy groups -OCH3 is 2. The molecule has 2 heterocycles. The van der Waals surface area contributed by atoms with Gasteiger partial charge in [-0.1, -0.05) is 33.4 Å². The van der Waals surface area contributed by atoms with E-state index in [1.54, 1.807) is 38.6 Å². The highest BCUT2D eigenvalue weighted by atomic mass is 16.5. The normalized spacial score (nSPS) is 11.1. The SMILES string of the molecule is C=Cc1ccc(-c2ccc(C(=O)NCC(C)(C)C)cc2C(=O)O)c(C(=O)Nc2ccc3c(NCc4ccc(OC)cc4OC)nccc3c2)n1. The maximum absolute atomic E-state index is 13.8. The highest BCUT2D eigenvalue weighted by Gasteiger charge is 2.23. The van der Waals surface area contributed by atoms with Gasteiger partial charge >= 0.3 is 5.97 Å². The third kappa shape index (κ3) is 8.07. The molecule has 2 aromatic heterocycles. The lowest BCUT2D eigenvalue weighted by molar-refractivity contribution is 0.0697. The predicted molar refractivity (Wildman–Crippen MR) is 195 cm³/mol. The summed E-state index contributed by atoms with van der Waals surface area (Å²) in [6, 6.07) is 20.5. The van der Waals surface area contributed by atoms with Crippen LogP contribution in [0.4, 0.5) is 11.5 Å². The van der Waals surface area contributed by atoms with Gasteiger partial charge in [0.2, 0.25) is 0 Å². The van der Waals surface area contributed by atoms with Crippen molar-refractivity contribution < 1.29 is 29.0 Å². The largest absolute Gasteiger partial charge is 0.497 e. The molecular formula is C39H39N5O6. The van der Waals surface area contributed by atoms with Crippen LogP contribution in [0.5, 0.6) is 11.5 Å². The molecule has 11 nitrogen and oxygen atoms in total. The molecule has 11 heteroatoms. The first kappa shape index (κ1) is 35.1. The number of carbonyl (C=O) groups excluding carboxylic acids is 2. The Hall–Kier alpha value is -6.23. The Morgan fingerprint density at radius 3 is 2.38 bits per heavy atom. The van der Waals surface area contributed by atoms with Gasteiger partial charge < -0.3 is 30.5 Å². The smallest absolute Gasteiger partial charge is 0.336 e. The van der Waals surface area contributed by atoms with Gasteiger partial charge in [-0.15, -0.1) is 0 Å². The summed E-state index contributed by atoms with van der Waals surface area (Å²) in [6.07, 6.45) is 3.18. The predicted octanol–water partition coefficient (Wildman–Crippen LogP) is 7.30. The van der Waals surface area contributed by atoms with E-state index >= 15 is 0 Å². The Balaban J connectivity index is 1.42. The van der Waals surface area contributed by atoms with Crippen LogP contribution < -0.4 is 25.4 Å². The number of carboxylic acids is 1. The van der Waals surface area contributed by atoms with Crippen LogP contribution in [0.25, 0.3) is 28.0 Å². The number of carbonyl (C=O) groups is 3. The van der Waals surface area contributed by atoms with Crippen molar-refractivity contribution in [3.63, 3.8) is 0 Å². The summed E-state index contributed by atoms with van der Waals surface area (Å²) < 4.78 is 10.8. The molecule has 0 aliphatic rings. The molecule has 0 spiro atoms. The number of anilines is 2. The summed E-state index contributed by atoms with van der Waals surface area (Å²) in [6.45, 7) is 10.6. The summed E-state index contributed by atoms with van der Waals surface area (Å²) in [7, 11) is 3.20. The minimum absolute atomic E-state index is 0.000420. The number of benzene rings is 3. The summed E-state index contributed by atoms with van der Waals surface area (Å²) >= 11 is 0. The average Bonchev–Trinajstić information content (AvgIpc) is 3.11. The standard InChI is InChI=1S/C39H39N5O6/c1-7-26-10-15-31(30-13-9-24(19-32(30)38(47)48)36(45)42-22-39(2,3)4)34(43-26)37(46)44-27-11-14-29-23(18-27)16-17-40-35(29)41-21-25-8-12-28(49-5)20-33(25)50-6/h7-20H,1,21-22H2,2-6H3,(H,40,41)(H,42,45)(H,44,46)(H,47,48). The fourth-order valence-corrected chi connectivity index (χ4v) is 5.29. The number of hydrogen-bond donors (Lipinski definition) is 4. The number of ether oxygens (including phenoxy) is 2. The minimum atomic E-state index is -1.25. The third-order valence-corrected chi connectivity index (χ3v) is 7.89. The van der Waals surface area contributed by atoms with E-state index in [0.717, 1.165) is 16.3 Å². The van der Waals surface area contributed by atoms with Crippen LogP contribution in [0.1, 0.15) is 63.2 Å². The highest BCUT2D eigenvalue weighted by Crippen LogP contribution is 2.31. The molecule has 0 aliphatic carbocycles. The second-order valence-corrected chi connectivity index (χ2v) is 12.7. The summed E-state index contributed by atoms with van der Waals surface area (Å²) in [5.41, 5.74) is 2.29. The second-order valence-electron chi connectivity index (χ2n) is 12.7. The van der Waals surface area contributed by atoms with E-state index in [2.05, 4.69) is 32.5 Å². The van der Waals surface area contributed by atoms with Crippen LogP contribution in [0.2, 0.25) is 0 Å². The Morgan fingerprint density at radius 2 is 1.68 bits per heavy atom. The van der Waals surface area contributed by atoms with Gasteiger partial charge in [0, 0.05) is 53.1 Å². The van der Waals surface area contributed by atoms with Gasteiger partial charge in [-0.2, -0.15) is 0 Å². The van der Waals surface area contributed by atoms with Crippen molar-refractivity contribution in [1.82, 2.24) is 15.3 Å². The number of nitrogens with zero attached hydrogens (tertiary/aromatic N) is 2. The molecule has 256 valence electrons. The van der Waals surface area contributed by atoms with Crippen LogP contribution in [0.15, 0.2) is 85.6 Å². The molecule has 0 bridgehead atoms. The van der Waals surface area contributed by atoms with E-state index < -0.39 is 17.8 Å².